The Morgan fingerprint density at radius 2 is 1.92 bits per heavy atom. The van der Waals surface area contributed by atoms with Crippen LogP contribution in [0.4, 0.5) is 5.69 Å². The lowest BCUT2D eigenvalue weighted by Crippen LogP contribution is -2.32. The highest BCUT2D eigenvalue weighted by Gasteiger charge is 2.13. The molecule has 1 aromatic heterocycles. The van der Waals surface area contributed by atoms with Crippen molar-refractivity contribution in [2.24, 2.45) is 0 Å². The number of anilines is 1. The molecule has 0 spiro atoms. The molecule has 1 heterocycles. The molecule has 134 valence electrons. The van der Waals surface area contributed by atoms with Crippen molar-refractivity contribution in [1.29, 1.82) is 0 Å². The van der Waals surface area contributed by atoms with E-state index in [0.29, 0.717) is 15.9 Å². The number of nitrogens with one attached hydrogen (secondary N) is 2. The van der Waals surface area contributed by atoms with Crippen LogP contribution < -0.4 is 15.4 Å². The number of sulfone groups is 1. The Bertz CT molecular complexity index is 819. The Morgan fingerprint density at radius 1 is 1.24 bits per heavy atom. The second-order valence-corrected chi connectivity index (χ2v) is 7.91. The Labute approximate surface area is 153 Å². The number of methoxy groups -OCH3 is 1. The SMILES string of the molecule is CC[C@@H](NC(=S)Nc1ccc(OC)nc1)c1ccc(S(C)(=O)=O)cc1. The van der Waals surface area contributed by atoms with Gasteiger partial charge in [-0.3, -0.25) is 0 Å². The molecule has 2 rings (SSSR count). The second kappa shape index (κ2) is 8.26. The first-order valence-corrected chi connectivity index (χ1v) is 10.0. The summed E-state index contributed by atoms with van der Waals surface area (Å²) in [5.74, 6) is 0.529. The van der Waals surface area contributed by atoms with Gasteiger partial charge in [-0.2, -0.15) is 0 Å². The van der Waals surface area contributed by atoms with Crippen LogP contribution in [0.25, 0.3) is 0 Å². The van der Waals surface area contributed by atoms with E-state index in [4.69, 9.17) is 17.0 Å². The van der Waals surface area contributed by atoms with Crippen LogP contribution in [0.2, 0.25) is 0 Å². The van der Waals surface area contributed by atoms with Gasteiger partial charge in [0.2, 0.25) is 5.88 Å². The third-order valence-corrected chi connectivity index (χ3v) is 4.98. The average molecular weight is 380 g/mol. The smallest absolute Gasteiger partial charge is 0.213 e. The van der Waals surface area contributed by atoms with E-state index in [1.807, 2.05) is 13.0 Å². The monoisotopic (exact) mass is 379 g/mol. The van der Waals surface area contributed by atoms with Gasteiger partial charge in [0.1, 0.15) is 0 Å². The maximum absolute atomic E-state index is 11.5. The zero-order chi connectivity index (χ0) is 18.4. The highest BCUT2D eigenvalue weighted by molar-refractivity contribution is 7.90. The van der Waals surface area contributed by atoms with Gasteiger partial charge in [-0.1, -0.05) is 19.1 Å². The number of pyridine rings is 1. The molecule has 0 aliphatic rings. The molecule has 0 amide bonds. The molecule has 2 aromatic rings. The van der Waals surface area contributed by atoms with E-state index in [0.717, 1.165) is 17.7 Å². The number of nitrogens with zero attached hydrogens (tertiary/aromatic N) is 1. The van der Waals surface area contributed by atoms with Gasteiger partial charge >= 0.3 is 0 Å². The molecular formula is C17H21N3O3S2. The summed E-state index contributed by atoms with van der Waals surface area (Å²) < 4.78 is 28.1. The average Bonchev–Trinajstić information content (AvgIpc) is 2.59. The molecule has 8 heteroatoms. The van der Waals surface area contributed by atoms with Crippen LogP contribution >= 0.6 is 12.2 Å². The summed E-state index contributed by atoms with van der Waals surface area (Å²) in [6.45, 7) is 2.03. The second-order valence-electron chi connectivity index (χ2n) is 5.49. The normalized spacial score (nSPS) is 12.3. The fraction of sp³-hybridized carbons (Fsp3) is 0.294. The first kappa shape index (κ1) is 19.1. The molecule has 0 aliphatic carbocycles. The zero-order valence-corrected chi connectivity index (χ0v) is 15.9. The first-order valence-electron chi connectivity index (χ1n) is 7.71. The molecule has 0 bridgehead atoms. The van der Waals surface area contributed by atoms with Crippen molar-refractivity contribution in [3.63, 3.8) is 0 Å². The molecule has 0 saturated heterocycles. The molecule has 1 atom stereocenters. The third kappa shape index (κ3) is 5.40. The fourth-order valence-corrected chi connectivity index (χ4v) is 3.16. The van der Waals surface area contributed by atoms with Crippen LogP contribution in [0.5, 0.6) is 5.88 Å². The number of aromatic nitrogens is 1. The van der Waals surface area contributed by atoms with Crippen LogP contribution in [0.15, 0.2) is 47.5 Å². The quantitative estimate of drug-likeness (QED) is 0.747. The van der Waals surface area contributed by atoms with Gasteiger partial charge in [-0.15, -0.1) is 0 Å². The molecule has 25 heavy (non-hydrogen) atoms. The largest absolute Gasteiger partial charge is 0.481 e. The van der Waals surface area contributed by atoms with Crippen molar-refractivity contribution in [2.45, 2.75) is 24.3 Å². The summed E-state index contributed by atoms with van der Waals surface area (Å²) in [7, 11) is -1.64. The number of thiocarbonyl (C=S) groups is 1. The van der Waals surface area contributed by atoms with Crippen molar-refractivity contribution in [2.75, 3.05) is 18.7 Å². The van der Waals surface area contributed by atoms with E-state index in [-0.39, 0.29) is 6.04 Å². The van der Waals surface area contributed by atoms with Crippen LogP contribution in [0.1, 0.15) is 24.9 Å². The minimum Gasteiger partial charge on any atom is -0.481 e. The standard InChI is InChI=1S/C17H21N3O3S2/c1-4-15(12-5-8-14(9-6-12)25(3,21)22)20-17(24)19-13-7-10-16(23-2)18-11-13/h5-11,15H,4H2,1-3H3,(H2,19,20,24)/t15-/m1/s1. The van der Waals surface area contributed by atoms with E-state index in [1.165, 1.54) is 6.26 Å². The molecule has 1 aromatic carbocycles. The number of benzene rings is 1. The summed E-state index contributed by atoms with van der Waals surface area (Å²) in [6.07, 6.45) is 3.62. The van der Waals surface area contributed by atoms with Crippen molar-refractivity contribution in [1.82, 2.24) is 10.3 Å². The van der Waals surface area contributed by atoms with Gasteiger partial charge in [0, 0.05) is 12.3 Å². The number of rotatable bonds is 6. The highest BCUT2D eigenvalue weighted by Crippen LogP contribution is 2.19. The molecular weight excluding hydrogens is 358 g/mol. The number of hydrogen-bond acceptors (Lipinski definition) is 5. The Morgan fingerprint density at radius 3 is 2.40 bits per heavy atom. The lowest BCUT2D eigenvalue weighted by molar-refractivity contribution is 0.398. The van der Waals surface area contributed by atoms with E-state index in [9.17, 15) is 8.42 Å². The minimum absolute atomic E-state index is 0.0279. The molecule has 0 unspecified atom stereocenters. The molecule has 0 radical (unpaired) electrons. The Balaban J connectivity index is 2.03. The molecule has 0 saturated carbocycles. The highest BCUT2D eigenvalue weighted by atomic mass is 32.2. The fourth-order valence-electron chi connectivity index (χ4n) is 2.27. The summed E-state index contributed by atoms with van der Waals surface area (Å²) in [5.41, 5.74) is 1.72. The van der Waals surface area contributed by atoms with Crippen LogP contribution in [0, 0.1) is 0 Å². The van der Waals surface area contributed by atoms with Crippen LogP contribution in [0.3, 0.4) is 0 Å². The van der Waals surface area contributed by atoms with E-state index in [1.54, 1.807) is 43.6 Å². The van der Waals surface area contributed by atoms with Crippen LogP contribution in [-0.2, 0) is 9.84 Å². The van der Waals surface area contributed by atoms with Gasteiger partial charge in [-0.05, 0) is 42.4 Å². The van der Waals surface area contributed by atoms with Crippen LogP contribution in [-0.4, -0.2) is 31.9 Å². The summed E-state index contributed by atoms with van der Waals surface area (Å²) in [4.78, 5) is 4.41. The molecule has 6 nitrogen and oxygen atoms in total. The predicted molar refractivity (Wildman–Crippen MR) is 103 cm³/mol. The van der Waals surface area contributed by atoms with Gasteiger partial charge < -0.3 is 15.4 Å². The summed E-state index contributed by atoms with van der Waals surface area (Å²) in [6, 6.07) is 10.4. The molecule has 2 N–H and O–H groups in total. The van der Waals surface area contributed by atoms with Gasteiger partial charge in [-0.25, -0.2) is 13.4 Å². The van der Waals surface area contributed by atoms with Crippen molar-refractivity contribution in [3.8, 4) is 5.88 Å². The van der Waals surface area contributed by atoms with Gasteiger partial charge in [0.25, 0.3) is 0 Å². The van der Waals surface area contributed by atoms with Crippen molar-refractivity contribution < 1.29 is 13.2 Å². The maximum Gasteiger partial charge on any atom is 0.213 e. The number of ether oxygens (including phenoxy) is 1. The van der Waals surface area contributed by atoms with Crippen molar-refractivity contribution in [3.05, 3.63) is 48.2 Å². The van der Waals surface area contributed by atoms with E-state index >= 15 is 0 Å². The van der Waals surface area contributed by atoms with Gasteiger partial charge in [0.15, 0.2) is 14.9 Å². The molecule has 0 aliphatic heterocycles. The number of hydrogen-bond donors (Lipinski definition) is 2. The third-order valence-electron chi connectivity index (χ3n) is 3.63. The van der Waals surface area contributed by atoms with Gasteiger partial charge in [0.05, 0.1) is 29.9 Å². The first-order chi connectivity index (χ1) is 11.8. The predicted octanol–water partition coefficient (Wildman–Crippen LogP) is 2.93. The topological polar surface area (TPSA) is 80.3 Å². The maximum atomic E-state index is 11.5. The lowest BCUT2D eigenvalue weighted by Gasteiger charge is -2.20. The Kier molecular flexibility index (Phi) is 6.33. The minimum atomic E-state index is -3.20. The van der Waals surface area contributed by atoms with E-state index in [2.05, 4.69) is 15.6 Å². The van der Waals surface area contributed by atoms with Crippen molar-refractivity contribution >= 4 is 32.9 Å². The van der Waals surface area contributed by atoms with E-state index < -0.39 is 9.84 Å². The lowest BCUT2D eigenvalue weighted by atomic mass is 10.1. The summed E-state index contributed by atoms with van der Waals surface area (Å²) >= 11 is 5.35. The summed E-state index contributed by atoms with van der Waals surface area (Å²) in [5, 5.41) is 6.76. The Hall–Kier alpha value is -2.19. The molecule has 0 fully saturated rings. The zero-order valence-electron chi connectivity index (χ0n) is 14.3.